The summed E-state index contributed by atoms with van der Waals surface area (Å²) in [5.41, 5.74) is -0.398. The number of hydrogen-bond acceptors (Lipinski definition) is 5. The molecule has 0 aromatic heterocycles. The number of halogens is 2. The first kappa shape index (κ1) is 18.3. The first-order valence-electron chi connectivity index (χ1n) is 8.82. The van der Waals surface area contributed by atoms with Gasteiger partial charge in [-0.05, 0) is 37.5 Å². The second-order valence-electron chi connectivity index (χ2n) is 7.22. The van der Waals surface area contributed by atoms with Crippen LogP contribution >= 0.6 is 0 Å². The number of hydrogen-bond donors (Lipinski definition) is 1. The number of fused-ring (bicyclic) bond motifs is 1. The molecule has 1 saturated carbocycles. The Labute approximate surface area is 155 Å². The highest BCUT2D eigenvalue weighted by Gasteiger charge is 2.49. The van der Waals surface area contributed by atoms with E-state index in [0.717, 1.165) is 22.5 Å². The molecule has 1 aliphatic carbocycles. The van der Waals surface area contributed by atoms with E-state index in [1.54, 1.807) is 4.90 Å². The van der Waals surface area contributed by atoms with Gasteiger partial charge in [0, 0.05) is 25.2 Å². The quantitative estimate of drug-likeness (QED) is 0.799. The summed E-state index contributed by atoms with van der Waals surface area (Å²) in [6.45, 7) is 0.482. The lowest BCUT2D eigenvalue weighted by Gasteiger charge is -2.23. The Balaban J connectivity index is 1.49. The summed E-state index contributed by atoms with van der Waals surface area (Å²) in [6, 6.07) is 1.30. The summed E-state index contributed by atoms with van der Waals surface area (Å²) in [6.07, 6.45) is 1.59. The highest BCUT2D eigenvalue weighted by atomic mass is 32.2. The first-order valence-corrected chi connectivity index (χ1v) is 10.4. The molecule has 3 aliphatic rings. The minimum Gasteiger partial charge on any atom is -0.348 e. The van der Waals surface area contributed by atoms with Crippen molar-refractivity contribution < 1.29 is 26.8 Å². The number of carbonyl (C=O) groups is 2. The van der Waals surface area contributed by atoms with Crippen molar-refractivity contribution in [1.82, 2.24) is 14.5 Å². The molecule has 2 saturated heterocycles. The lowest BCUT2D eigenvalue weighted by Crippen LogP contribution is -2.45. The first-order chi connectivity index (χ1) is 12.8. The molecule has 2 amide bonds. The molecular formula is C17H19F2N3O4S. The van der Waals surface area contributed by atoms with Crippen molar-refractivity contribution in [3.8, 4) is 0 Å². The number of nitrogens with zero attached hydrogens (tertiary/aromatic N) is 2. The van der Waals surface area contributed by atoms with Crippen LogP contribution in [-0.4, -0.2) is 66.4 Å². The van der Waals surface area contributed by atoms with Crippen LogP contribution in [0.15, 0.2) is 18.2 Å². The predicted octanol–water partition coefficient (Wildman–Crippen LogP) is 0.472. The van der Waals surface area contributed by atoms with Crippen molar-refractivity contribution in [3.63, 3.8) is 0 Å². The maximum absolute atomic E-state index is 13.8. The van der Waals surface area contributed by atoms with Gasteiger partial charge in [-0.3, -0.25) is 14.5 Å². The van der Waals surface area contributed by atoms with Gasteiger partial charge in [-0.2, -0.15) is 0 Å². The summed E-state index contributed by atoms with van der Waals surface area (Å²) in [4.78, 5) is 26.8. The minimum atomic E-state index is -3.62. The van der Waals surface area contributed by atoms with Gasteiger partial charge >= 0.3 is 0 Å². The molecule has 1 aromatic carbocycles. The van der Waals surface area contributed by atoms with E-state index in [9.17, 15) is 26.8 Å². The number of carbonyl (C=O) groups excluding carboxylic acids is 2. The van der Waals surface area contributed by atoms with Crippen molar-refractivity contribution in [1.29, 1.82) is 0 Å². The Bertz CT molecular complexity index is 903. The van der Waals surface area contributed by atoms with Crippen LogP contribution in [0.25, 0.3) is 0 Å². The summed E-state index contributed by atoms with van der Waals surface area (Å²) in [7, 11) is -3.62. The Morgan fingerprint density at radius 2 is 1.96 bits per heavy atom. The third kappa shape index (κ3) is 3.43. The van der Waals surface area contributed by atoms with Gasteiger partial charge in [-0.15, -0.1) is 0 Å². The molecule has 10 heteroatoms. The van der Waals surface area contributed by atoms with Crippen molar-refractivity contribution >= 4 is 21.8 Å². The van der Waals surface area contributed by atoms with E-state index >= 15 is 0 Å². The molecule has 0 unspecified atom stereocenters. The molecule has 0 bridgehead atoms. The molecule has 146 valence electrons. The molecule has 2 heterocycles. The topological polar surface area (TPSA) is 86.8 Å². The van der Waals surface area contributed by atoms with Crippen molar-refractivity contribution in [2.24, 2.45) is 0 Å². The van der Waals surface area contributed by atoms with E-state index in [1.807, 2.05) is 0 Å². The fourth-order valence-corrected chi connectivity index (χ4v) is 5.50. The highest BCUT2D eigenvalue weighted by molar-refractivity contribution is 7.89. The van der Waals surface area contributed by atoms with Crippen molar-refractivity contribution in [2.45, 2.75) is 37.4 Å². The summed E-state index contributed by atoms with van der Waals surface area (Å²) in [5.74, 6) is -2.91. The second-order valence-corrected chi connectivity index (χ2v) is 9.19. The fraction of sp³-hybridized carbons (Fsp3) is 0.529. The average Bonchev–Trinajstić information content (AvgIpc) is 3.35. The van der Waals surface area contributed by atoms with Gasteiger partial charge in [0.05, 0.1) is 17.4 Å². The molecule has 27 heavy (non-hydrogen) atoms. The molecule has 3 fully saturated rings. The molecule has 1 aromatic rings. The van der Waals surface area contributed by atoms with Gasteiger partial charge in [0.2, 0.25) is 10.0 Å². The lowest BCUT2D eigenvalue weighted by atomic mass is 10.1. The predicted molar refractivity (Wildman–Crippen MR) is 91.2 cm³/mol. The van der Waals surface area contributed by atoms with Crippen LogP contribution in [0.2, 0.25) is 0 Å². The van der Waals surface area contributed by atoms with Crippen LogP contribution in [0.4, 0.5) is 8.78 Å². The molecule has 0 radical (unpaired) electrons. The third-order valence-corrected chi connectivity index (χ3v) is 7.00. The van der Waals surface area contributed by atoms with Crippen LogP contribution in [0, 0.1) is 11.6 Å². The average molecular weight is 399 g/mol. The standard InChI is InChI=1S/C17H19F2N3O4S/c18-10-1-4-14(19)13(7-10)16(23)20-11-8-15-17(24)22(12-2-3-12)27(25,26)6-5-21(15)9-11/h1,4,7,11-12,15H,2-3,5-6,8-9H2,(H,20,23)/t11-,15-/m0/s1. The molecule has 2 atom stereocenters. The summed E-state index contributed by atoms with van der Waals surface area (Å²) >= 11 is 0. The van der Waals surface area contributed by atoms with Crippen molar-refractivity contribution in [3.05, 3.63) is 35.4 Å². The van der Waals surface area contributed by atoms with Crippen LogP contribution < -0.4 is 5.32 Å². The normalized spacial score (nSPS) is 27.9. The minimum absolute atomic E-state index is 0.148. The van der Waals surface area contributed by atoms with Crippen LogP contribution in [-0.2, 0) is 14.8 Å². The number of rotatable bonds is 3. The van der Waals surface area contributed by atoms with Gasteiger partial charge in [-0.1, -0.05) is 0 Å². The van der Waals surface area contributed by atoms with E-state index in [1.165, 1.54) is 0 Å². The van der Waals surface area contributed by atoms with Gasteiger partial charge in [-0.25, -0.2) is 21.5 Å². The van der Waals surface area contributed by atoms with E-state index in [4.69, 9.17) is 0 Å². The number of nitrogens with one attached hydrogen (secondary N) is 1. The largest absolute Gasteiger partial charge is 0.348 e. The molecule has 1 N–H and O–H groups in total. The zero-order chi connectivity index (χ0) is 19.3. The molecule has 0 spiro atoms. The Kier molecular flexibility index (Phi) is 4.42. The van der Waals surface area contributed by atoms with Gasteiger partial charge in [0.15, 0.2) is 0 Å². The monoisotopic (exact) mass is 399 g/mol. The zero-order valence-electron chi connectivity index (χ0n) is 14.4. The van der Waals surface area contributed by atoms with Crippen LogP contribution in [0.1, 0.15) is 29.6 Å². The zero-order valence-corrected chi connectivity index (χ0v) is 15.2. The second kappa shape index (κ2) is 6.52. The molecule has 2 aliphatic heterocycles. The van der Waals surface area contributed by atoms with Gasteiger partial charge < -0.3 is 5.32 Å². The smallest absolute Gasteiger partial charge is 0.254 e. The lowest BCUT2D eigenvalue weighted by molar-refractivity contribution is -0.130. The Morgan fingerprint density at radius 1 is 1.22 bits per heavy atom. The maximum atomic E-state index is 13.8. The summed E-state index contributed by atoms with van der Waals surface area (Å²) in [5, 5.41) is 2.63. The fourth-order valence-electron chi connectivity index (χ4n) is 3.78. The number of amides is 2. The maximum Gasteiger partial charge on any atom is 0.254 e. The van der Waals surface area contributed by atoms with Crippen LogP contribution in [0.5, 0.6) is 0 Å². The highest BCUT2D eigenvalue weighted by Crippen LogP contribution is 2.34. The molecule has 4 rings (SSSR count). The third-order valence-electron chi connectivity index (χ3n) is 5.23. The Hall–Kier alpha value is -2.07. The number of sulfonamides is 1. The molecule has 7 nitrogen and oxygen atoms in total. The van der Waals surface area contributed by atoms with E-state index < -0.39 is 51.1 Å². The molecular weight excluding hydrogens is 380 g/mol. The van der Waals surface area contributed by atoms with E-state index in [-0.39, 0.29) is 31.3 Å². The summed E-state index contributed by atoms with van der Waals surface area (Å²) < 4.78 is 52.8. The van der Waals surface area contributed by atoms with Gasteiger partial charge in [0.25, 0.3) is 11.8 Å². The number of benzene rings is 1. The van der Waals surface area contributed by atoms with Gasteiger partial charge in [0.1, 0.15) is 11.6 Å². The van der Waals surface area contributed by atoms with Crippen molar-refractivity contribution in [2.75, 3.05) is 18.8 Å². The van der Waals surface area contributed by atoms with Crippen LogP contribution in [0.3, 0.4) is 0 Å². The van der Waals surface area contributed by atoms with E-state index in [0.29, 0.717) is 12.8 Å². The SMILES string of the molecule is O=C(N[C@H]1C[C@H]2C(=O)N(C3CC3)S(=O)(=O)CCN2C1)c1cc(F)ccc1F. The Morgan fingerprint density at radius 3 is 2.67 bits per heavy atom. The van der Waals surface area contributed by atoms with E-state index in [2.05, 4.69) is 5.32 Å².